The van der Waals surface area contributed by atoms with Crippen LogP contribution in [-0.2, 0) is 0 Å². The smallest absolute Gasteiger partial charge is 0.101 e. The minimum absolute atomic E-state index is 0.778. The largest absolute Gasteiger partial charge is 0.125 e. The highest BCUT2D eigenvalue weighted by Gasteiger charge is 1.87. The fraction of sp³-hybridized carbons (Fsp3) is 0.750. The number of rotatable bonds is 3. The van der Waals surface area contributed by atoms with Crippen LogP contribution in [0.2, 0.25) is 6.04 Å². The zero-order chi connectivity index (χ0) is 6.41. The van der Waals surface area contributed by atoms with Gasteiger partial charge in [-0.2, -0.15) is 0 Å². The quantitative estimate of drug-likeness (QED) is 0.300. The van der Waals surface area contributed by atoms with Crippen molar-refractivity contribution in [1.82, 2.24) is 0 Å². The third kappa shape index (κ3) is 7.01. The summed E-state index contributed by atoms with van der Waals surface area (Å²) >= 11 is 10.4. The Kier molecular flexibility index (Phi) is 6.90. The third-order valence-electron chi connectivity index (χ3n) is 0.723. The molecule has 0 amide bonds. The molecule has 0 nitrogen and oxygen atoms in total. The van der Waals surface area contributed by atoms with E-state index >= 15 is 0 Å². The predicted octanol–water partition coefficient (Wildman–Crippen LogP) is 1.11. The van der Waals surface area contributed by atoms with Gasteiger partial charge in [0.1, 0.15) is 3.53 Å². The lowest BCUT2D eigenvalue weighted by Gasteiger charge is -1.92. The summed E-state index contributed by atoms with van der Waals surface area (Å²) in [5.74, 6) is 1.16. The van der Waals surface area contributed by atoms with E-state index in [0.29, 0.717) is 0 Å². The molecule has 0 aromatic rings. The minimum atomic E-state index is 0.778. The fourth-order valence-corrected chi connectivity index (χ4v) is 2.30. The van der Waals surface area contributed by atoms with Gasteiger partial charge in [-0.05, 0) is 12.2 Å². The van der Waals surface area contributed by atoms with E-state index in [1.165, 1.54) is 22.7 Å². The van der Waals surface area contributed by atoms with Crippen LogP contribution >= 0.6 is 36.6 Å². The lowest BCUT2D eigenvalue weighted by molar-refractivity contribution is 1.10. The molecule has 0 aliphatic carbocycles. The molecule has 0 fully saturated rings. The third-order valence-corrected chi connectivity index (χ3v) is 2.91. The molecule has 4 heteroatoms. The van der Waals surface area contributed by atoms with Gasteiger partial charge in [0.2, 0.25) is 0 Å². The molecule has 0 saturated heterocycles. The van der Waals surface area contributed by atoms with E-state index in [9.17, 15) is 0 Å². The highest BCUT2D eigenvalue weighted by Crippen LogP contribution is 2.09. The summed E-state index contributed by atoms with van der Waals surface area (Å²) in [6, 6.07) is 1.38. The van der Waals surface area contributed by atoms with Gasteiger partial charge in [-0.3, -0.25) is 0 Å². The van der Waals surface area contributed by atoms with Crippen molar-refractivity contribution in [3.8, 4) is 0 Å². The van der Waals surface area contributed by atoms with Gasteiger partial charge in [-0.25, -0.2) is 0 Å². The summed E-state index contributed by atoms with van der Waals surface area (Å²) < 4.78 is 0.778. The van der Waals surface area contributed by atoms with Gasteiger partial charge >= 0.3 is 0 Å². The normalized spacial score (nSPS) is 9.62. The molecule has 0 aromatic carbocycles. The molecule has 0 saturated carbocycles. The van der Waals surface area contributed by atoms with E-state index < -0.39 is 0 Å². The molecule has 48 valence electrons. The molecule has 0 radical (unpaired) electrons. The average molecular weight is 182 g/mol. The lowest BCUT2D eigenvalue weighted by Crippen LogP contribution is -1.80. The lowest BCUT2D eigenvalue weighted by atomic mass is 10.6. The molecule has 0 rings (SSSR count). The second kappa shape index (κ2) is 6.13. The van der Waals surface area contributed by atoms with Crippen molar-refractivity contribution in [2.45, 2.75) is 12.5 Å². The van der Waals surface area contributed by atoms with Gasteiger partial charge in [0.05, 0.1) is 0 Å². The van der Waals surface area contributed by atoms with E-state index in [4.69, 9.17) is 12.2 Å². The van der Waals surface area contributed by atoms with Crippen LogP contribution in [0.5, 0.6) is 0 Å². The number of thioether (sulfide) groups is 1. The van der Waals surface area contributed by atoms with Crippen LogP contribution in [-0.4, -0.2) is 19.5 Å². The summed E-state index contributed by atoms with van der Waals surface area (Å²) in [5.41, 5.74) is 0. The molecule has 8 heavy (non-hydrogen) atoms. The fourth-order valence-electron chi connectivity index (χ4n) is 0.304. The first-order chi connectivity index (χ1) is 3.77. The topological polar surface area (TPSA) is 0 Å². The molecule has 0 aliphatic heterocycles. The van der Waals surface area contributed by atoms with Crippen LogP contribution in [0.4, 0.5) is 0 Å². The Morgan fingerprint density at radius 2 is 2.38 bits per heavy atom. The highest BCUT2D eigenvalue weighted by atomic mass is 32.2. The molecule has 0 atom stereocenters. The Morgan fingerprint density at radius 3 is 2.75 bits per heavy atom. The Hall–Kier alpha value is 1.01. The number of thiol groups is 1. The van der Waals surface area contributed by atoms with E-state index in [2.05, 4.69) is 12.6 Å². The molecule has 0 aromatic heterocycles. The maximum Gasteiger partial charge on any atom is 0.101 e. The maximum atomic E-state index is 4.75. The van der Waals surface area contributed by atoms with Crippen LogP contribution in [0, 0.1) is 0 Å². The summed E-state index contributed by atoms with van der Waals surface area (Å²) in [6.07, 6.45) is 1.30. The summed E-state index contributed by atoms with van der Waals surface area (Å²) in [4.78, 5) is 0. The number of hydrogen-bond donors (Lipinski definition) is 1. The molecule has 0 aliphatic rings. The van der Waals surface area contributed by atoms with Gasteiger partial charge in [0.15, 0.2) is 0 Å². The van der Waals surface area contributed by atoms with Crippen molar-refractivity contribution in [3.63, 3.8) is 0 Å². The van der Waals surface area contributed by atoms with Crippen molar-refractivity contribution in [3.05, 3.63) is 0 Å². The second-order valence-corrected chi connectivity index (χ2v) is 5.29. The SMILES string of the molecule is [SiH3]CCCSC(=S)S. The number of hydrogen-bond acceptors (Lipinski definition) is 2. The minimum Gasteiger partial charge on any atom is -0.125 e. The van der Waals surface area contributed by atoms with E-state index in [1.807, 2.05) is 0 Å². The Morgan fingerprint density at radius 1 is 1.75 bits per heavy atom. The van der Waals surface area contributed by atoms with Crippen LogP contribution < -0.4 is 0 Å². The molecular formula is C4H10S3Si. The first-order valence-electron chi connectivity index (χ1n) is 2.63. The van der Waals surface area contributed by atoms with Crippen molar-refractivity contribution >= 4 is 50.4 Å². The van der Waals surface area contributed by atoms with Crippen LogP contribution in [0.15, 0.2) is 0 Å². The summed E-state index contributed by atoms with van der Waals surface area (Å²) in [7, 11) is 1.32. The average Bonchev–Trinajstić information content (AvgIpc) is 1.66. The molecule has 0 N–H and O–H groups in total. The molecule has 0 unspecified atom stereocenters. The zero-order valence-electron chi connectivity index (χ0n) is 4.89. The van der Waals surface area contributed by atoms with Crippen LogP contribution in [0.3, 0.4) is 0 Å². The first-order valence-corrected chi connectivity index (χ1v) is 5.88. The maximum absolute atomic E-state index is 4.75. The van der Waals surface area contributed by atoms with Crippen molar-refractivity contribution in [2.24, 2.45) is 0 Å². The van der Waals surface area contributed by atoms with E-state index in [-0.39, 0.29) is 0 Å². The Labute approximate surface area is 68.6 Å². The van der Waals surface area contributed by atoms with Crippen LogP contribution in [0.1, 0.15) is 6.42 Å². The summed E-state index contributed by atoms with van der Waals surface area (Å²) in [6.45, 7) is 0. The highest BCUT2D eigenvalue weighted by molar-refractivity contribution is 8.41. The van der Waals surface area contributed by atoms with E-state index in [0.717, 1.165) is 9.28 Å². The summed E-state index contributed by atoms with van der Waals surface area (Å²) in [5, 5.41) is 0. The molecule has 0 spiro atoms. The molecule has 0 bridgehead atoms. The van der Waals surface area contributed by atoms with Crippen LogP contribution in [0.25, 0.3) is 0 Å². The molecular weight excluding hydrogens is 172 g/mol. The van der Waals surface area contributed by atoms with Crippen molar-refractivity contribution in [2.75, 3.05) is 5.75 Å². The Bertz CT molecular complexity index is 73.7. The van der Waals surface area contributed by atoms with Gasteiger partial charge < -0.3 is 0 Å². The van der Waals surface area contributed by atoms with Gasteiger partial charge in [-0.1, -0.05) is 18.3 Å². The van der Waals surface area contributed by atoms with Gasteiger partial charge in [0, 0.05) is 10.2 Å². The predicted molar refractivity (Wildman–Crippen MR) is 53.4 cm³/mol. The van der Waals surface area contributed by atoms with Crippen molar-refractivity contribution < 1.29 is 0 Å². The van der Waals surface area contributed by atoms with Gasteiger partial charge in [-0.15, -0.1) is 24.4 Å². The number of thiocarbonyl (C=S) groups is 1. The van der Waals surface area contributed by atoms with Gasteiger partial charge in [0.25, 0.3) is 0 Å². The van der Waals surface area contributed by atoms with E-state index in [1.54, 1.807) is 11.8 Å². The zero-order valence-corrected chi connectivity index (χ0v) is 9.41. The first kappa shape index (κ1) is 9.01. The standard InChI is InChI=1S/C4H10S3Si/c5-4(6)7-2-1-3-8/h1-3H2,8H3,(H,5,6). The Balaban J connectivity index is 2.82. The van der Waals surface area contributed by atoms with Crippen molar-refractivity contribution in [1.29, 1.82) is 0 Å². The monoisotopic (exact) mass is 182 g/mol. The molecule has 0 heterocycles. The second-order valence-electron chi connectivity index (χ2n) is 1.47.